The van der Waals surface area contributed by atoms with E-state index < -0.39 is 97.5 Å². The molecule has 19 heteroatoms. The van der Waals surface area contributed by atoms with Crippen LogP contribution < -0.4 is 0 Å². The van der Waals surface area contributed by atoms with Gasteiger partial charge in [-0.2, -0.15) is 0 Å². The molecule has 0 saturated carbocycles. The Morgan fingerprint density at radius 3 is 0.680 bits per heavy atom. The van der Waals surface area contributed by atoms with Gasteiger partial charge >= 0.3 is 39.5 Å². The lowest BCUT2D eigenvalue weighted by molar-refractivity contribution is -0.161. The fourth-order valence-corrected chi connectivity index (χ4v) is 14.2. The van der Waals surface area contributed by atoms with E-state index in [1.807, 2.05) is 0 Å². The molecule has 0 aliphatic rings. The molecule has 0 aromatic carbocycles. The number of phosphoric ester groups is 2. The second-order valence-electron chi connectivity index (χ2n) is 29.6. The van der Waals surface area contributed by atoms with E-state index in [2.05, 4.69) is 34.6 Å². The van der Waals surface area contributed by atoms with Crippen molar-refractivity contribution in [2.24, 2.45) is 5.92 Å². The number of hydrogen-bond donors (Lipinski definition) is 3. The van der Waals surface area contributed by atoms with E-state index in [0.717, 1.165) is 95.8 Å². The van der Waals surface area contributed by atoms with Crippen molar-refractivity contribution in [1.82, 2.24) is 0 Å². The third-order valence-electron chi connectivity index (χ3n) is 19.0. The monoisotopic (exact) mass is 1470 g/mol. The zero-order valence-electron chi connectivity index (χ0n) is 65.3. The van der Waals surface area contributed by atoms with Gasteiger partial charge in [-0.25, -0.2) is 9.13 Å². The Kier molecular flexibility index (Phi) is 72.5. The van der Waals surface area contributed by atoms with Crippen molar-refractivity contribution in [2.75, 3.05) is 39.6 Å². The van der Waals surface area contributed by atoms with Crippen LogP contribution >= 0.6 is 15.6 Å². The molecule has 0 saturated heterocycles. The van der Waals surface area contributed by atoms with Crippen molar-refractivity contribution < 1.29 is 80.2 Å². The number of esters is 4. The lowest BCUT2D eigenvalue weighted by Gasteiger charge is -2.21. The van der Waals surface area contributed by atoms with Crippen molar-refractivity contribution >= 4 is 39.5 Å². The summed E-state index contributed by atoms with van der Waals surface area (Å²) in [5.41, 5.74) is 0. The molecule has 0 rings (SSSR count). The van der Waals surface area contributed by atoms with Crippen LogP contribution in [0.1, 0.15) is 433 Å². The van der Waals surface area contributed by atoms with Gasteiger partial charge in [0, 0.05) is 25.7 Å². The molecule has 17 nitrogen and oxygen atoms in total. The highest BCUT2D eigenvalue weighted by atomic mass is 31.2. The minimum Gasteiger partial charge on any atom is -0.462 e. The predicted octanol–water partition coefficient (Wildman–Crippen LogP) is 24.4. The van der Waals surface area contributed by atoms with Crippen LogP contribution in [0.15, 0.2) is 0 Å². The average Bonchev–Trinajstić information content (AvgIpc) is 0.935. The van der Waals surface area contributed by atoms with Crippen LogP contribution in [0, 0.1) is 5.92 Å². The second-order valence-corrected chi connectivity index (χ2v) is 32.5. The highest BCUT2D eigenvalue weighted by molar-refractivity contribution is 7.47. The maximum atomic E-state index is 13.1. The Hall–Kier alpha value is -1.94. The van der Waals surface area contributed by atoms with Crippen LogP contribution in [0.5, 0.6) is 0 Å². The summed E-state index contributed by atoms with van der Waals surface area (Å²) in [6, 6.07) is 0. The molecule has 0 fully saturated rings. The molecule has 5 atom stereocenters. The first-order chi connectivity index (χ1) is 48.5. The largest absolute Gasteiger partial charge is 0.472 e. The Morgan fingerprint density at radius 1 is 0.270 bits per heavy atom. The van der Waals surface area contributed by atoms with E-state index in [0.29, 0.717) is 25.7 Å². The van der Waals surface area contributed by atoms with Crippen LogP contribution in [0.3, 0.4) is 0 Å². The maximum absolute atomic E-state index is 13.1. The number of aliphatic hydroxyl groups excluding tert-OH is 1. The minimum absolute atomic E-state index is 0.105. The van der Waals surface area contributed by atoms with Gasteiger partial charge in [0.1, 0.15) is 19.3 Å². The fraction of sp³-hybridized carbons (Fsp3) is 0.951. The summed E-state index contributed by atoms with van der Waals surface area (Å²) >= 11 is 0. The van der Waals surface area contributed by atoms with Crippen LogP contribution in [0.4, 0.5) is 0 Å². The molecule has 100 heavy (non-hydrogen) atoms. The normalized spacial score (nSPS) is 13.8. The van der Waals surface area contributed by atoms with Gasteiger partial charge in [-0.1, -0.05) is 381 Å². The lowest BCUT2D eigenvalue weighted by atomic mass is 10.0. The van der Waals surface area contributed by atoms with Gasteiger partial charge in [-0.3, -0.25) is 37.3 Å². The zero-order valence-corrected chi connectivity index (χ0v) is 67.1. The van der Waals surface area contributed by atoms with Gasteiger partial charge in [-0.15, -0.1) is 0 Å². The number of hydrogen-bond acceptors (Lipinski definition) is 15. The van der Waals surface area contributed by atoms with E-state index in [9.17, 15) is 43.2 Å². The van der Waals surface area contributed by atoms with Crippen molar-refractivity contribution in [1.29, 1.82) is 0 Å². The highest BCUT2D eigenvalue weighted by Crippen LogP contribution is 2.45. The summed E-state index contributed by atoms with van der Waals surface area (Å²) in [6.07, 6.45) is 65.4. The number of rotatable bonds is 81. The number of ether oxygens (including phenoxy) is 4. The molecule has 0 aliphatic heterocycles. The van der Waals surface area contributed by atoms with Crippen LogP contribution in [0.2, 0.25) is 0 Å². The topological polar surface area (TPSA) is 237 Å². The van der Waals surface area contributed by atoms with Gasteiger partial charge in [-0.05, 0) is 31.6 Å². The Morgan fingerprint density at radius 2 is 0.460 bits per heavy atom. The quantitative estimate of drug-likeness (QED) is 0.0222. The Labute approximate surface area is 613 Å². The number of carbonyl (C=O) groups excluding carboxylic acids is 4. The van der Waals surface area contributed by atoms with Crippen LogP contribution in [0.25, 0.3) is 0 Å². The Bertz CT molecular complexity index is 1910. The molecular weight excluding hydrogens is 1310 g/mol. The third-order valence-corrected chi connectivity index (χ3v) is 20.9. The summed E-state index contributed by atoms with van der Waals surface area (Å²) in [5.74, 6) is -1.39. The molecule has 0 amide bonds. The first-order valence-corrected chi connectivity index (χ1v) is 45.1. The molecule has 3 N–H and O–H groups in total. The minimum atomic E-state index is -4.96. The third kappa shape index (κ3) is 74.3. The van der Waals surface area contributed by atoms with Crippen molar-refractivity contribution in [3.8, 4) is 0 Å². The highest BCUT2D eigenvalue weighted by Gasteiger charge is 2.30. The molecule has 0 bridgehead atoms. The molecule has 0 aliphatic carbocycles. The average molecular weight is 1470 g/mol. The van der Waals surface area contributed by atoms with Gasteiger partial charge in [0.2, 0.25) is 0 Å². The summed E-state index contributed by atoms with van der Waals surface area (Å²) in [5, 5.41) is 10.6. The van der Waals surface area contributed by atoms with Crippen LogP contribution in [-0.4, -0.2) is 96.7 Å². The second kappa shape index (κ2) is 73.9. The molecule has 0 heterocycles. The van der Waals surface area contributed by atoms with E-state index in [1.165, 1.54) is 257 Å². The lowest BCUT2D eigenvalue weighted by Crippen LogP contribution is -2.30. The molecule has 0 aromatic rings. The predicted molar refractivity (Wildman–Crippen MR) is 409 cm³/mol. The fourth-order valence-electron chi connectivity index (χ4n) is 12.6. The van der Waals surface area contributed by atoms with E-state index in [-0.39, 0.29) is 25.7 Å². The van der Waals surface area contributed by atoms with Gasteiger partial charge in [0.25, 0.3) is 0 Å². The Balaban J connectivity index is 5.20. The van der Waals surface area contributed by atoms with Crippen molar-refractivity contribution in [3.05, 3.63) is 0 Å². The smallest absolute Gasteiger partial charge is 0.462 e. The molecule has 594 valence electrons. The molecule has 0 spiro atoms. The van der Waals surface area contributed by atoms with Crippen molar-refractivity contribution in [3.63, 3.8) is 0 Å². The van der Waals surface area contributed by atoms with Gasteiger partial charge in [0.05, 0.1) is 26.4 Å². The molecule has 0 radical (unpaired) electrons. The van der Waals surface area contributed by atoms with E-state index in [1.54, 1.807) is 0 Å². The number of unbranched alkanes of at least 4 members (excludes halogenated alkanes) is 53. The van der Waals surface area contributed by atoms with E-state index in [4.69, 9.17) is 37.0 Å². The molecular formula is C81H158O17P2. The van der Waals surface area contributed by atoms with Crippen LogP contribution in [-0.2, 0) is 65.4 Å². The first kappa shape index (κ1) is 98.1. The summed E-state index contributed by atoms with van der Waals surface area (Å²) in [7, 11) is -9.92. The summed E-state index contributed by atoms with van der Waals surface area (Å²) in [6.45, 7) is 7.27. The number of carbonyl (C=O) groups is 4. The van der Waals surface area contributed by atoms with E-state index >= 15 is 0 Å². The first-order valence-electron chi connectivity index (χ1n) is 42.1. The number of phosphoric acid groups is 2. The maximum Gasteiger partial charge on any atom is 0.472 e. The SMILES string of the molecule is CCCCCCCCCCCCCCCCCCCCCCCC(=O)O[C@H](COC(=O)CCCCCCCCCCCCCCCCCCCC)COP(=O)(O)OC[C@@H](O)COP(=O)(O)OC[C@@H](COC(=O)CCCCCCCCCCCC)OC(=O)CCCCCCCCCCC(C)C. The molecule has 2 unspecified atom stereocenters. The summed E-state index contributed by atoms with van der Waals surface area (Å²) < 4.78 is 68.7. The standard InChI is InChI=1S/C81H158O17P2/c1-6-9-12-15-18-21-24-26-28-30-32-33-34-36-38-40-42-45-51-56-61-66-80(85)97-76(70-92-79(84)65-60-55-50-44-41-39-37-35-31-29-27-25-22-19-16-13-10-7-2)72-95-99(87,88)93-68-75(82)69-94-100(89,90)96-73-77(71-91-78(83)64-59-54-49-43-23-20-17-14-11-8-3)98-81(86)67-62-57-52-47-46-48-53-58-63-74(4)5/h74-77,82H,6-73H2,1-5H3,(H,87,88)(H,89,90)/t75-,76-,77-/m1/s1. The number of aliphatic hydroxyl groups is 1. The molecule has 0 aromatic heterocycles. The summed E-state index contributed by atoms with van der Waals surface area (Å²) in [4.78, 5) is 72.9. The van der Waals surface area contributed by atoms with Gasteiger partial charge in [0.15, 0.2) is 12.2 Å². The zero-order chi connectivity index (χ0) is 73.4. The van der Waals surface area contributed by atoms with Crippen molar-refractivity contribution in [2.45, 2.75) is 451 Å². The van der Waals surface area contributed by atoms with Gasteiger partial charge < -0.3 is 33.8 Å².